The second-order valence-electron chi connectivity index (χ2n) is 3.46. The molecule has 2 aliphatic rings. The second kappa shape index (κ2) is 2.98. The molecule has 0 atom stereocenters. The largest absolute Gasteiger partial charge is 0.508 e. The van der Waals surface area contributed by atoms with E-state index in [1.54, 1.807) is 12.1 Å². The summed E-state index contributed by atoms with van der Waals surface area (Å²) in [5.74, 6) is 1.20. The molecule has 2 heterocycles. The first kappa shape index (κ1) is 8.28. The van der Waals surface area contributed by atoms with Crippen LogP contribution in [0.4, 0.5) is 11.4 Å². The van der Waals surface area contributed by atoms with Gasteiger partial charge in [-0.1, -0.05) is 0 Å². The van der Waals surface area contributed by atoms with Crippen LogP contribution in [0.3, 0.4) is 0 Å². The number of hydrogen-bond donors (Lipinski definition) is 2. The number of benzene rings is 1. The van der Waals surface area contributed by atoms with Crippen LogP contribution >= 0.6 is 0 Å². The van der Waals surface area contributed by atoms with E-state index < -0.39 is 0 Å². The summed E-state index contributed by atoms with van der Waals surface area (Å²) < 4.78 is 0. The van der Waals surface area contributed by atoms with Crippen LogP contribution in [0.15, 0.2) is 28.3 Å². The van der Waals surface area contributed by atoms with Crippen molar-refractivity contribution >= 4 is 23.4 Å². The molecule has 3 rings (SSSR count). The lowest BCUT2D eigenvalue weighted by atomic mass is 10.2. The normalized spacial score (nSPS) is 17.6. The van der Waals surface area contributed by atoms with Crippen molar-refractivity contribution < 1.29 is 5.11 Å². The predicted octanol–water partition coefficient (Wildman–Crippen LogP) is 1.18. The van der Waals surface area contributed by atoms with Crippen LogP contribution in [0, 0.1) is 0 Å². The van der Waals surface area contributed by atoms with Crippen LogP contribution in [0.5, 0.6) is 5.75 Å². The lowest BCUT2D eigenvalue weighted by molar-refractivity contribution is 0.475. The number of aromatic hydroxyl groups is 1. The molecule has 0 fully saturated rings. The first-order chi connectivity index (χ1) is 7.34. The van der Waals surface area contributed by atoms with Gasteiger partial charge in [0.05, 0.1) is 11.4 Å². The number of hydrogen-bond acceptors (Lipinski definition) is 5. The molecular formula is C10H10N4O. The Kier molecular flexibility index (Phi) is 1.65. The van der Waals surface area contributed by atoms with Crippen LogP contribution < -0.4 is 10.3 Å². The van der Waals surface area contributed by atoms with Crippen molar-refractivity contribution in [3.05, 3.63) is 18.2 Å². The number of nitrogens with one attached hydrogen (secondary N) is 1. The summed E-state index contributed by atoms with van der Waals surface area (Å²) in [5.41, 5.74) is 4.70. The Morgan fingerprint density at radius 1 is 1.40 bits per heavy atom. The maximum absolute atomic E-state index is 9.38. The molecule has 2 aliphatic heterocycles. The molecule has 1 aromatic carbocycles. The number of hydrazone groups is 1. The first-order valence-electron chi connectivity index (χ1n) is 4.77. The van der Waals surface area contributed by atoms with Gasteiger partial charge < -0.3 is 10.0 Å². The molecule has 0 radical (unpaired) electrons. The highest BCUT2D eigenvalue weighted by Gasteiger charge is 2.22. The Morgan fingerprint density at radius 2 is 2.33 bits per heavy atom. The third-order valence-electron chi connectivity index (χ3n) is 2.50. The third kappa shape index (κ3) is 1.24. The van der Waals surface area contributed by atoms with Gasteiger partial charge in [-0.2, -0.15) is 5.10 Å². The molecule has 0 aromatic heterocycles. The van der Waals surface area contributed by atoms with Crippen molar-refractivity contribution in [1.82, 2.24) is 5.43 Å². The Bertz CT molecular complexity index is 466. The molecule has 5 nitrogen and oxygen atoms in total. The number of anilines is 1. The van der Waals surface area contributed by atoms with Crippen molar-refractivity contribution in [3.8, 4) is 5.75 Å². The molecular weight excluding hydrogens is 192 g/mol. The average molecular weight is 202 g/mol. The second-order valence-corrected chi connectivity index (χ2v) is 3.46. The summed E-state index contributed by atoms with van der Waals surface area (Å²) >= 11 is 0. The average Bonchev–Trinajstić information content (AvgIpc) is 2.61. The molecule has 2 N–H and O–H groups in total. The molecule has 0 aliphatic carbocycles. The summed E-state index contributed by atoms with van der Waals surface area (Å²) in [7, 11) is 0. The number of nitrogens with zero attached hydrogens (tertiary/aromatic N) is 3. The van der Waals surface area contributed by atoms with E-state index in [0.717, 1.165) is 17.2 Å². The molecule has 5 heteroatoms. The van der Waals surface area contributed by atoms with Crippen LogP contribution in [0.25, 0.3) is 0 Å². The fourth-order valence-corrected chi connectivity index (χ4v) is 1.80. The molecule has 0 saturated heterocycles. The van der Waals surface area contributed by atoms with Crippen LogP contribution in [-0.2, 0) is 0 Å². The molecule has 76 valence electrons. The Balaban J connectivity index is 2.16. The SMILES string of the molecule is Oc1ccc2c(c1)N=CCC1=NNCN12. The lowest BCUT2D eigenvalue weighted by Gasteiger charge is -2.18. The van der Waals surface area contributed by atoms with Crippen molar-refractivity contribution in [1.29, 1.82) is 0 Å². The minimum absolute atomic E-state index is 0.235. The third-order valence-corrected chi connectivity index (χ3v) is 2.50. The first-order valence-corrected chi connectivity index (χ1v) is 4.77. The van der Waals surface area contributed by atoms with Gasteiger partial charge in [-0.3, -0.25) is 10.4 Å². The molecule has 15 heavy (non-hydrogen) atoms. The fraction of sp³-hybridized carbons (Fsp3) is 0.200. The number of phenols is 1. The molecule has 1 aromatic rings. The quantitative estimate of drug-likeness (QED) is 0.664. The monoisotopic (exact) mass is 202 g/mol. The maximum atomic E-state index is 9.38. The summed E-state index contributed by atoms with van der Waals surface area (Å²) in [6, 6.07) is 5.18. The van der Waals surface area contributed by atoms with E-state index in [0.29, 0.717) is 13.1 Å². The number of amidine groups is 1. The van der Waals surface area contributed by atoms with E-state index in [1.165, 1.54) is 0 Å². The molecule has 0 unspecified atom stereocenters. The number of rotatable bonds is 0. The Labute approximate surface area is 86.7 Å². The van der Waals surface area contributed by atoms with E-state index in [2.05, 4.69) is 20.4 Å². The van der Waals surface area contributed by atoms with Gasteiger partial charge in [0.15, 0.2) is 0 Å². The van der Waals surface area contributed by atoms with Crippen molar-refractivity contribution in [2.45, 2.75) is 6.42 Å². The van der Waals surface area contributed by atoms with Gasteiger partial charge in [0.1, 0.15) is 18.3 Å². The van der Waals surface area contributed by atoms with Crippen molar-refractivity contribution in [2.24, 2.45) is 10.1 Å². The van der Waals surface area contributed by atoms with E-state index in [4.69, 9.17) is 0 Å². The van der Waals surface area contributed by atoms with Crippen LogP contribution in [-0.4, -0.2) is 23.8 Å². The van der Waals surface area contributed by atoms with Gasteiger partial charge in [0.2, 0.25) is 0 Å². The molecule has 0 bridgehead atoms. The summed E-state index contributed by atoms with van der Waals surface area (Å²) in [6.07, 6.45) is 2.52. The number of fused-ring (bicyclic) bond motifs is 3. The fourth-order valence-electron chi connectivity index (χ4n) is 1.80. The van der Waals surface area contributed by atoms with Gasteiger partial charge in [-0.25, -0.2) is 0 Å². The van der Waals surface area contributed by atoms with Gasteiger partial charge >= 0.3 is 0 Å². The topological polar surface area (TPSA) is 60.2 Å². The van der Waals surface area contributed by atoms with Crippen LogP contribution in [0.1, 0.15) is 6.42 Å². The Morgan fingerprint density at radius 3 is 3.27 bits per heavy atom. The molecule has 0 amide bonds. The molecule has 0 spiro atoms. The zero-order chi connectivity index (χ0) is 10.3. The standard InChI is InChI=1S/C10H10N4O/c15-7-1-2-9-8(5-7)11-4-3-10-13-12-6-14(9)10/h1-2,4-5,12,15H,3,6H2. The minimum atomic E-state index is 0.235. The Hall–Kier alpha value is -2.04. The van der Waals surface area contributed by atoms with Gasteiger partial charge in [-0.05, 0) is 12.1 Å². The number of phenolic OH excluding ortho intramolecular Hbond substituents is 1. The number of aliphatic imine (C=N–C) groups is 1. The predicted molar refractivity (Wildman–Crippen MR) is 58.8 cm³/mol. The van der Waals surface area contributed by atoms with Gasteiger partial charge in [0, 0.05) is 18.7 Å². The highest BCUT2D eigenvalue weighted by atomic mass is 16.3. The zero-order valence-electron chi connectivity index (χ0n) is 8.01. The summed E-state index contributed by atoms with van der Waals surface area (Å²) in [6.45, 7) is 0.663. The van der Waals surface area contributed by atoms with E-state index >= 15 is 0 Å². The highest BCUT2D eigenvalue weighted by Crippen LogP contribution is 2.34. The zero-order valence-corrected chi connectivity index (χ0v) is 8.01. The van der Waals surface area contributed by atoms with E-state index in [1.807, 2.05) is 12.3 Å². The van der Waals surface area contributed by atoms with E-state index in [-0.39, 0.29) is 5.75 Å². The lowest BCUT2D eigenvalue weighted by Crippen LogP contribution is -2.28. The van der Waals surface area contributed by atoms with Crippen molar-refractivity contribution in [2.75, 3.05) is 11.6 Å². The van der Waals surface area contributed by atoms with Crippen molar-refractivity contribution in [3.63, 3.8) is 0 Å². The van der Waals surface area contributed by atoms with E-state index in [9.17, 15) is 5.11 Å². The minimum Gasteiger partial charge on any atom is -0.508 e. The smallest absolute Gasteiger partial charge is 0.136 e. The summed E-state index contributed by atoms with van der Waals surface area (Å²) in [4.78, 5) is 6.35. The summed E-state index contributed by atoms with van der Waals surface area (Å²) in [5, 5.41) is 13.6. The van der Waals surface area contributed by atoms with Gasteiger partial charge in [0.25, 0.3) is 0 Å². The highest BCUT2D eigenvalue weighted by molar-refractivity contribution is 6.09. The maximum Gasteiger partial charge on any atom is 0.136 e. The molecule has 0 saturated carbocycles. The van der Waals surface area contributed by atoms with Gasteiger partial charge in [-0.15, -0.1) is 0 Å². The van der Waals surface area contributed by atoms with Crippen LogP contribution in [0.2, 0.25) is 0 Å².